The Morgan fingerprint density at radius 2 is 0.640 bits per heavy atom. The molecule has 0 unspecified atom stereocenters. The van der Waals surface area contributed by atoms with Gasteiger partial charge in [0.05, 0.1) is 58.5 Å². The standard InChI is InChI=1S/C60H101N3O47S/c1-13-28(71)36(79)41(84)55(96-13)94-11-24-47(34(77)25(52(89)98-24)61-15(3)68)105-53-26(62-16(4)69)35(78)46(20(8-66)101-53)106-59-45(88)50(33(76)22(103-59)10-93-56-42(85)38(81)30(73)18(6-64)99-56)109-60-51(40(83)32(75)23(104-60)12-95-111(90,91)92)110-54-27(63-17(5)70)49(108-57-43(86)37(80)29(72)14(2)97-57)48(21(9-67)102-54)107-58-44(87)39(82)31(74)19(7-65)100-58/h13-14,18-60,64-67,71-89H,6-12H2,1-5H3,(H,61,68)(H,62,69)(H,63,70)(H,90,91,92)/t13-,14-,18+,19+,20+,21+,22+,23+,24+,25+,26+,27+,28+,29+,30+,31-,32+,33+,34+,35+,36+,37+,38-,39-,40-,41-,42-,43-,44+,45-,46+,47+,48+,49+,50-,51-,52+,53-,54-,55+,56-,57-,58-,59-,60+/m0/s1. The summed E-state index contributed by atoms with van der Waals surface area (Å²) >= 11 is 0. The maximum absolute atomic E-state index is 13.4. The minimum atomic E-state index is -5.50. The van der Waals surface area contributed by atoms with Crippen molar-refractivity contribution in [3.05, 3.63) is 0 Å². The fourth-order valence-corrected chi connectivity index (χ4v) is 14.3. The van der Waals surface area contributed by atoms with Crippen LogP contribution in [0.2, 0.25) is 0 Å². The van der Waals surface area contributed by atoms with Crippen LogP contribution < -0.4 is 16.0 Å². The number of aliphatic hydroxyl groups excluding tert-OH is 23. The fourth-order valence-electron chi connectivity index (χ4n) is 14.0. The van der Waals surface area contributed by atoms with Gasteiger partial charge in [-0.25, -0.2) is 4.18 Å². The van der Waals surface area contributed by atoms with Gasteiger partial charge in [-0.05, 0) is 13.8 Å². The highest BCUT2D eigenvalue weighted by Crippen LogP contribution is 2.40. The zero-order chi connectivity index (χ0) is 82.0. The van der Waals surface area contributed by atoms with Crippen molar-refractivity contribution >= 4 is 28.1 Å². The third-order valence-corrected chi connectivity index (χ3v) is 20.5. The summed E-state index contributed by atoms with van der Waals surface area (Å²) in [6.07, 6.45) is -87.9. The predicted molar refractivity (Wildman–Crippen MR) is 339 cm³/mol. The van der Waals surface area contributed by atoms with E-state index in [0.29, 0.717) is 0 Å². The summed E-state index contributed by atoms with van der Waals surface area (Å²) < 4.78 is 139. The first kappa shape index (κ1) is 91.6. The number of hydrogen-bond donors (Lipinski definition) is 27. The summed E-state index contributed by atoms with van der Waals surface area (Å²) in [5, 5.41) is 263. The Kier molecular flexibility index (Phi) is 32.2. The van der Waals surface area contributed by atoms with E-state index < -0.39 is 351 Å². The Morgan fingerprint density at radius 3 is 1.17 bits per heavy atom. The zero-order valence-corrected chi connectivity index (χ0v) is 60.3. The summed E-state index contributed by atoms with van der Waals surface area (Å²) in [4.78, 5) is 39.0. The molecule has 0 radical (unpaired) electrons. The molecule has 0 aliphatic carbocycles. The first-order chi connectivity index (χ1) is 52.1. The molecule has 0 bridgehead atoms. The van der Waals surface area contributed by atoms with E-state index in [4.69, 9.17) is 80.5 Å². The van der Waals surface area contributed by atoms with Crippen molar-refractivity contribution < 1.29 is 230 Å². The monoisotopic (exact) mass is 1650 g/mol. The molecule has 0 aromatic heterocycles. The maximum Gasteiger partial charge on any atom is 0.397 e. The smallest absolute Gasteiger partial charge is 0.394 e. The lowest BCUT2D eigenvalue weighted by Gasteiger charge is -2.52. The van der Waals surface area contributed by atoms with Crippen LogP contribution in [-0.4, -0.2) is 471 Å². The third kappa shape index (κ3) is 20.9. The summed E-state index contributed by atoms with van der Waals surface area (Å²) in [6.45, 7) is -2.67. The maximum atomic E-state index is 13.4. The minimum Gasteiger partial charge on any atom is -0.394 e. The molecule has 0 aromatic carbocycles. The van der Waals surface area contributed by atoms with E-state index in [1.165, 1.54) is 13.8 Å². The molecule has 9 rings (SSSR count). The molecule has 9 fully saturated rings. The Bertz CT molecular complexity index is 3080. The number of aliphatic hydroxyl groups is 23. The highest BCUT2D eigenvalue weighted by Gasteiger charge is 2.61. The summed E-state index contributed by atoms with van der Waals surface area (Å²) in [5.41, 5.74) is 0. The molecule has 644 valence electrons. The summed E-state index contributed by atoms with van der Waals surface area (Å²) in [7, 11) is -5.50. The van der Waals surface area contributed by atoms with Crippen molar-refractivity contribution in [1.82, 2.24) is 16.0 Å². The number of carbonyl (C=O) groups is 3. The predicted octanol–water partition coefficient (Wildman–Crippen LogP) is -18.3. The molecular weight excluding hydrogens is 1550 g/mol. The minimum absolute atomic E-state index is 0.838. The van der Waals surface area contributed by atoms with Gasteiger partial charge in [0.1, 0.15) is 207 Å². The van der Waals surface area contributed by atoms with Crippen LogP contribution in [0.4, 0.5) is 0 Å². The van der Waals surface area contributed by atoms with Gasteiger partial charge in [0.15, 0.2) is 56.6 Å². The fraction of sp³-hybridized carbons (Fsp3) is 0.950. The van der Waals surface area contributed by atoms with Crippen molar-refractivity contribution in [2.45, 2.75) is 311 Å². The Morgan fingerprint density at radius 1 is 0.297 bits per heavy atom. The van der Waals surface area contributed by atoms with Gasteiger partial charge in [0.25, 0.3) is 0 Å². The molecule has 27 N–H and O–H groups in total. The van der Waals surface area contributed by atoms with Crippen molar-refractivity contribution in [2.24, 2.45) is 0 Å². The molecule has 0 aromatic rings. The lowest BCUT2D eigenvalue weighted by Crippen LogP contribution is -2.71. The number of amides is 3. The number of rotatable bonds is 28. The summed E-state index contributed by atoms with van der Waals surface area (Å²) in [6, 6.07) is -5.85. The second-order valence-electron chi connectivity index (χ2n) is 28.0. The van der Waals surface area contributed by atoms with Crippen molar-refractivity contribution in [3.8, 4) is 0 Å². The SMILES string of the molecule is CC(=O)N[C@@H]1[C@@H](O)[C@H](O[C@@H]2O[C@H](CO)[C@@H](O[C@@H]3O[C@H](CO[C@H]4O[C@H](CO)[C@@H](O)[C@H](O)[C@@H]4O)[C@@H](O)[C@H](O[C@H]4O[C@H](COS(=O)(=O)O)[C@@H](O)[C@H](O)[C@@H]4O[C@@H]4O[C@H](CO)[C@@H](O[C@@H]5O[C@H](CO)[C@H](O)[C@H](O)[C@H]5O)[C@H](O[C@@H]5O[C@@H](C)[C@@H](O)[C@@H](O)[C@@H]5O)[C@H]4NC(C)=O)[C@@H]3O)[C@H](O)[C@H]2NC(C)=O)[C@@H](CO[C@@H]2O[C@@H](C)[C@@H](O)[C@@H](O)[C@@H]2O)O[C@H]1O. The lowest BCUT2D eigenvalue weighted by atomic mass is 9.93. The number of carbonyl (C=O) groups excluding carboxylic acids is 3. The van der Waals surface area contributed by atoms with Gasteiger partial charge < -0.3 is 214 Å². The van der Waals surface area contributed by atoms with Gasteiger partial charge in [-0.2, -0.15) is 8.42 Å². The van der Waals surface area contributed by atoms with Gasteiger partial charge >= 0.3 is 10.4 Å². The highest BCUT2D eigenvalue weighted by atomic mass is 32.3. The largest absolute Gasteiger partial charge is 0.397 e. The second-order valence-corrected chi connectivity index (χ2v) is 29.1. The lowest BCUT2D eigenvalue weighted by molar-refractivity contribution is -0.402. The van der Waals surface area contributed by atoms with E-state index in [2.05, 4.69) is 20.1 Å². The first-order valence-electron chi connectivity index (χ1n) is 35.0. The van der Waals surface area contributed by atoms with Crippen molar-refractivity contribution in [2.75, 3.05) is 46.2 Å². The van der Waals surface area contributed by atoms with Crippen LogP contribution in [0.3, 0.4) is 0 Å². The van der Waals surface area contributed by atoms with Gasteiger partial charge in [0.2, 0.25) is 17.7 Å². The van der Waals surface area contributed by atoms with Crippen LogP contribution in [0.15, 0.2) is 0 Å². The molecule has 9 aliphatic heterocycles. The first-order valence-corrected chi connectivity index (χ1v) is 36.4. The molecule has 51 heteroatoms. The normalized spacial score (nSPS) is 49.5. The average Bonchev–Trinajstić information content (AvgIpc) is 0.755. The van der Waals surface area contributed by atoms with Crippen LogP contribution in [0.1, 0.15) is 34.6 Å². The van der Waals surface area contributed by atoms with Gasteiger partial charge in [-0.15, -0.1) is 0 Å². The Balaban J connectivity index is 1.07. The van der Waals surface area contributed by atoms with Crippen LogP contribution in [0.5, 0.6) is 0 Å². The summed E-state index contributed by atoms with van der Waals surface area (Å²) in [5.74, 6) is -2.88. The van der Waals surface area contributed by atoms with Crippen LogP contribution in [0.25, 0.3) is 0 Å². The van der Waals surface area contributed by atoms with Crippen LogP contribution >= 0.6 is 0 Å². The highest BCUT2D eigenvalue weighted by molar-refractivity contribution is 7.80. The topological polar surface area (TPSA) is 773 Å². The molecule has 0 saturated carbocycles. The van der Waals surface area contributed by atoms with Gasteiger partial charge in [-0.3, -0.25) is 18.9 Å². The van der Waals surface area contributed by atoms with E-state index in [0.717, 1.165) is 20.8 Å². The van der Waals surface area contributed by atoms with E-state index in [9.17, 15) is 145 Å². The average molecular weight is 1650 g/mol. The van der Waals surface area contributed by atoms with E-state index in [1.54, 1.807) is 0 Å². The molecule has 0 spiro atoms. The van der Waals surface area contributed by atoms with Gasteiger partial charge in [-0.1, -0.05) is 0 Å². The Labute approximate surface area is 629 Å². The molecule has 111 heavy (non-hydrogen) atoms. The number of ether oxygens (including phenoxy) is 17. The van der Waals surface area contributed by atoms with E-state index in [-0.39, 0.29) is 0 Å². The van der Waals surface area contributed by atoms with Gasteiger partial charge in [0, 0.05) is 20.8 Å². The number of nitrogens with one attached hydrogen (secondary N) is 3. The zero-order valence-electron chi connectivity index (χ0n) is 59.5. The molecule has 9 saturated heterocycles. The van der Waals surface area contributed by atoms with E-state index in [1.807, 2.05) is 0 Å². The van der Waals surface area contributed by atoms with Crippen molar-refractivity contribution in [3.63, 3.8) is 0 Å². The van der Waals surface area contributed by atoms with Crippen molar-refractivity contribution in [1.29, 1.82) is 0 Å². The molecule has 50 nitrogen and oxygen atoms in total. The number of hydrogen-bond acceptors (Lipinski definition) is 46. The Hall–Kier alpha value is -3.32. The third-order valence-electron chi connectivity index (χ3n) is 20.1. The molecule has 45 atom stereocenters. The van der Waals surface area contributed by atoms with Crippen LogP contribution in [0, 0.1) is 0 Å². The second kappa shape index (κ2) is 39.0. The molecule has 9 aliphatic rings. The molecule has 3 amide bonds. The van der Waals surface area contributed by atoms with E-state index >= 15 is 0 Å². The quantitative estimate of drug-likeness (QED) is 0.0324. The van der Waals surface area contributed by atoms with Crippen LogP contribution in [-0.2, 0) is 109 Å². The molecule has 9 heterocycles. The molecular formula is C60H101N3O47S.